The monoisotopic (exact) mass is 293 g/mol. The third-order valence-corrected chi connectivity index (χ3v) is 3.48. The Kier molecular flexibility index (Phi) is 7.65. The fourth-order valence-corrected chi connectivity index (χ4v) is 2.57. The van der Waals surface area contributed by atoms with Gasteiger partial charge in [0.2, 0.25) is 0 Å². The highest BCUT2D eigenvalue weighted by molar-refractivity contribution is 5.48. The number of ether oxygens (including phenoxy) is 1. The molecule has 0 saturated carbocycles. The van der Waals surface area contributed by atoms with E-state index in [0.717, 1.165) is 43.1 Å². The van der Waals surface area contributed by atoms with Crippen LogP contribution in [0, 0.1) is 6.92 Å². The van der Waals surface area contributed by atoms with Crippen LogP contribution in [-0.4, -0.2) is 23.1 Å². The van der Waals surface area contributed by atoms with Crippen molar-refractivity contribution >= 4 is 5.82 Å². The zero-order chi connectivity index (χ0) is 15.8. The Hall–Kier alpha value is -1.16. The highest BCUT2D eigenvalue weighted by Crippen LogP contribution is 2.28. The van der Waals surface area contributed by atoms with Crippen molar-refractivity contribution in [2.75, 3.05) is 18.5 Å². The minimum atomic E-state index is 0.00193. The smallest absolute Gasteiger partial charge is 0.159 e. The minimum Gasteiger partial charge on any atom is -0.371 e. The lowest BCUT2D eigenvalue weighted by Gasteiger charge is -2.21. The maximum Gasteiger partial charge on any atom is 0.159 e. The number of rotatable bonds is 9. The molecule has 0 saturated heterocycles. The highest BCUT2D eigenvalue weighted by atomic mass is 16.5. The second kappa shape index (κ2) is 8.98. The molecule has 0 bridgehead atoms. The van der Waals surface area contributed by atoms with Gasteiger partial charge in [-0.15, -0.1) is 0 Å². The van der Waals surface area contributed by atoms with Crippen LogP contribution < -0.4 is 5.32 Å². The average molecular weight is 293 g/mol. The summed E-state index contributed by atoms with van der Waals surface area (Å²) in [7, 11) is 0. The van der Waals surface area contributed by atoms with E-state index in [1.165, 1.54) is 5.56 Å². The van der Waals surface area contributed by atoms with E-state index >= 15 is 0 Å². The van der Waals surface area contributed by atoms with E-state index in [9.17, 15) is 0 Å². The van der Waals surface area contributed by atoms with Crippen LogP contribution >= 0.6 is 0 Å². The van der Waals surface area contributed by atoms with Crippen molar-refractivity contribution in [1.29, 1.82) is 0 Å². The molecule has 21 heavy (non-hydrogen) atoms. The lowest BCUT2D eigenvalue weighted by atomic mass is 10.0. The van der Waals surface area contributed by atoms with Crippen LogP contribution in [0.4, 0.5) is 5.82 Å². The van der Waals surface area contributed by atoms with Gasteiger partial charge in [-0.3, -0.25) is 0 Å². The van der Waals surface area contributed by atoms with Crippen LogP contribution in [0.5, 0.6) is 0 Å². The summed E-state index contributed by atoms with van der Waals surface area (Å²) in [4.78, 5) is 9.51. The Morgan fingerprint density at radius 1 is 1.10 bits per heavy atom. The molecule has 0 aromatic carbocycles. The van der Waals surface area contributed by atoms with Crippen molar-refractivity contribution in [2.24, 2.45) is 0 Å². The van der Waals surface area contributed by atoms with Crippen molar-refractivity contribution in [3.05, 3.63) is 17.1 Å². The molecule has 1 rings (SSSR count). The number of nitrogens with zero attached hydrogens (tertiary/aromatic N) is 2. The summed E-state index contributed by atoms with van der Waals surface area (Å²) in [6.07, 6.45) is 3.11. The molecule has 120 valence electrons. The molecule has 4 heteroatoms. The highest BCUT2D eigenvalue weighted by Gasteiger charge is 2.19. The number of aryl methyl sites for hydroxylation is 1. The van der Waals surface area contributed by atoms with Crippen LogP contribution in [0.3, 0.4) is 0 Å². The predicted molar refractivity (Wildman–Crippen MR) is 88.9 cm³/mol. The van der Waals surface area contributed by atoms with Crippen LogP contribution in [0.25, 0.3) is 0 Å². The second-order valence-corrected chi connectivity index (χ2v) is 5.74. The third-order valence-electron chi connectivity index (χ3n) is 3.48. The summed E-state index contributed by atoms with van der Waals surface area (Å²) in [5.74, 6) is 2.21. The van der Waals surface area contributed by atoms with Crippen LogP contribution in [0.1, 0.15) is 83.0 Å². The number of nitrogens with one attached hydrogen (secondary N) is 1. The van der Waals surface area contributed by atoms with E-state index < -0.39 is 0 Å². The van der Waals surface area contributed by atoms with E-state index in [2.05, 4.69) is 39.9 Å². The fraction of sp³-hybridized carbons (Fsp3) is 0.765. The van der Waals surface area contributed by atoms with Gasteiger partial charge in [-0.1, -0.05) is 34.1 Å². The molecule has 4 nitrogen and oxygen atoms in total. The first-order valence-corrected chi connectivity index (χ1v) is 8.28. The summed E-state index contributed by atoms with van der Waals surface area (Å²) in [5, 5.41) is 3.46. The molecule has 1 atom stereocenters. The first-order chi connectivity index (χ1) is 10.0. The minimum absolute atomic E-state index is 0.00193. The molecule has 1 unspecified atom stereocenters. The molecule has 0 fully saturated rings. The van der Waals surface area contributed by atoms with Gasteiger partial charge in [-0.05, 0) is 32.6 Å². The van der Waals surface area contributed by atoms with Gasteiger partial charge >= 0.3 is 0 Å². The summed E-state index contributed by atoms with van der Waals surface area (Å²) in [6, 6.07) is 0. The Bertz CT molecular complexity index is 426. The van der Waals surface area contributed by atoms with E-state index in [1.807, 2.05) is 6.92 Å². The molecule has 0 aliphatic heterocycles. The Morgan fingerprint density at radius 2 is 1.81 bits per heavy atom. The maximum atomic E-state index is 5.83. The number of aromatic nitrogens is 2. The molecule has 1 aromatic heterocycles. The van der Waals surface area contributed by atoms with Crippen molar-refractivity contribution < 1.29 is 4.74 Å². The quantitative estimate of drug-likeness (QED) is 0.722. The predicted octanol–water partition coefficient (Wildman–Crippen LogP) is 4.61. The molecule has 0 aliphatic carbocycles. The van der Waals surface area contributed by atoms with Crippen molar-refractivity contribution in [1.82, 2.24) is 9.97 Å². The molecule has 0 radical (unpaired) electrons. The Labute approximate surface area is 129 Å². The summed E-state index contributed by atoms with van der Waals surface area (Å²) >= 11 is 0. The lowest BCUT2D eigenvalue weighted by molar-refractivity contribution is 0.0493. The zero-order valence-corrected chi connectivity index (χ0v) is 14.5. The normalized spacial score (nSPS) is 12.7. The number of anilines is 1. The third kappa shape index (κ3) is 4.95. The molecule has 0 amide bonds. The van der Waals surface area contributed by atoms with E-state index in [4.69, 9.17) is 14.7 Å². The van der Waals surface area contributed by atoms with E-state index in [-0.39, 0.29) is 6.10 Å². The molecule has 1 aromatic rings. The molecular weight excluding hydrogens is 262 g/mol. The first-order valence-electron chi connectivity index (χ1n) is 8.28. The number of hydrogen-bond donors (Lipinski definition) is 1. The molecule has 0 spiro atoms. The number of hydrogen-bond acceptors (Lipinski definition) is 4. The maximum absolute atomic E-state index is 5.83. The average Bonchev–Trinajstić information content (AvgIpc) is 2.43. The van der Waals surface area contributed by atoms with Gasteiger partial charge in [-0.25, -0.2) is 9.97 Å². The molecule has 1 heterocycles. The fourth-order valence-electron chi connectivity index (χ4n) is 2.57. The Morgan fingerprint density at radius 3 is 2.33 bits per heavy atom. The van der Waals surface area contributed by atoms with Gasteiger partial charge in [0.15, 0.2) is 5.82 Å². The molecule has 1 N–H and O–H groups in total. The van der Waals surface area contributed by atoms with Crippen LogP contribution in [0.2, 0.25) is 0 Å². The molecule has 0 aliphatic rings. The summed E-state index contributed by atoms with van der Waals surface area (Å²) in [5.41, 5.74) is 2.29. The zero-order valence-electron chi connectivity index (χ0n) is 14.5. The van der Waals surface area contributed by atoms with Crippen molar-refractivity contribution in [3.63, 3.8) is 0 Å². The van der Waals surface area contributed by atoms with Gasteiger partial charge < -0.3 is 10.1 Å². The first kappa shape index (κ1) is 17.9. The van der Waals surface area contributed by atoms with E-state index in [1.54, 1.807) is 0 Å². The summed E-state index contributed by atoms with van der Waals surface area (Å²) < 4.78 is 5.83. The van der Waals surface area contributed by atoms with Gasteiger partial charge in [0.05, 0.1) is 0 Å². The lowest BCUT2D eigenvalue weighted by Crippen LogP contribution is -2.15. The van der Waals surface area contributed by atoms with Gasteiger partial charge in [0.1, 0.15) is 11.9 Å². The van der Waals surface area contributed by atoms with Crippen LogP contribution in [-0.2, 0) is 4.74 Å². The van der Waals surface area contributed by atoms with Gasteiger partial charge in [0.25, 0.3) is 0 Å². The van der Waals surface area contributed by atoms with Crippen LogP contribution in [0.15, 0.2) is 0 Å². The largest absolute Gasteiger partial charge is 0.371 e. The van der Waals surface area contributed by atoms with E-state index in [0.29, 0.717) is 12.5 Å². The van der Waals surface area contributed by atoms with Crippen molar-refractivity contribution in [2.45, 2.75) is 72.8 Å². The topological polar surface area (TPSA) is 47.0 Å². The summed E-state index contributed by atoms with van der Waals surface area (Å²) in [6.45, 7) is 14.4. The Balaban J connectivity index is 3.18. The second-order valence-electron chi connectivity index (χ2n) is 5.74. The SMILES string of the molecule is CCCNc1nc(C(CCC)OCC)nc(C)c1C(C)C. The van der Waals surface area contributed by atoms with Crippen molar-refractivity contribution in [3.8, 4) is 0 Å². The standard InChI is InChI=1S/C17H31N3O/c1-7-10-14(21-9-3)16-19-13(6)15(12(4)5)17(20-16)18-11-8-2/h12,14H,7-11H2,1-6H3,(H,18,19,20). The van der Waals surface area contributed by atoms with Gasteiger partial charge in [0, 0.05) is 24.4 Å². The van der Waals surface area contributed by atoms with Gasteiger partial charge in [-0.2, -0.15) is 0 Å². The molecular formula is C17H31N3O.